The Morgan fingerprint density at radius 2 is 2.05 bits per heavy atom. The first-order valence-electron chi connectivity index (χ1n) is 6.53. The molecule has 0 aliphatic carbocycles. The number of rotatable bonds is 5. The molecule has 3 nitrogen and oxygen atoms in total. The highest BCUT2D eigenvalue weighted by Crippen LogP contribution is 2.36. The first-order chi connectivity index (χ1) is 9.91. The minimum atomic E-state index is -4.39. The molecular formula is C14H15BrF3N3. The summed E-state index contributed by atoms with van der Waals surface area (Å²) in [7, 11) is 0. The summed E-state index contributed by atoms with van der Waals surface area (Å²) in [5.74, 6) is 0. The van der Waals surface area contributed by atoms with Gasteiger partial charge in [-0.15, -0.1) is 0 Å². The van der Waals surface area contributed by atoms with Crippen LogP contribution >= 0.6 is 15.9 Å². The summed E-state index contributed by atoms with van der Waals surface area (Å²) in [4.78, 5) is 0. The fourth-order valence-corrected chi connectivity index (χ4v) is 2.38. The van der Waals surface area contributed by atoms with Crippen molar-refractivity contribution >= 4 is 21.6 Å². The minimum absolute atomic E-state index is 0.0648. The van der Waals surface area contributed by atoms with E-state index in [1.165, 1.54) is 6.07 Å². The highest BCUT2D eigenvalue weighted by atomic mass is 79.9. The minimum Gasteiger partial charge on any atom is -0.379 e. The van der Waals surface area contributed by atoms with Crippen LogP contribution in [-0.2, 0) is 19.3 Å². The van der Waals surface area contributed by atoms with Gasteiger partial charge in [0.1, 0.15) is 0 Å². The average Bonchev–Trinajstić information content (AvgIpc) is 2.84. The van der Waals surface area contributed by atoms with Gasteiger partial charge < -0.3 is 5.32 Å². The predicted octanol–water partition coefficient (Wildman–Crippen LogP) is 4.69. The highest BCUT2D eigenvalue weighted by Gasteiger charge is 2.33. The summed E-state index contributed by atoms with van der Waals surface area (Å²) in [5.41, 5.74) is 0.237. The van der Waals surface area contributed by atoms with Crippen molar-refractivity contribution in [1.29, 1.82) is 0 Å². The molecule has 0 saturated carbocycles. The quantitative estimate of drug-likeness (QED) is 0.837. The van der Waals surface area contributed by atoms with Gasteiger partial charge in [0, 0.05) is 22.9 Å². The van der Waals surface area contributed by atoms with Gasteiger partial charge in [-0.25, -0.2) is 0 Å². The summed E-state index contributed by atoms with van der Waals surface area (Å²) in [6, 6.07) is 5.88. The van der Waals surface area contributed by atoms with Crippen LogP contribution < -0.4 is 5.32 Å². The Bertz CT molecular complexity index is 608. The van der Waals surface area contributed by atoms with Gasteiger partial charge >= 0.3 is 6.18 Å². The molecule has 0 aliphatic heterocycles. The average molecular weight is 362 g/mol. The Labute approximate surface area is 129 Å². The number of aromatic nitrogens is 2. The van der Waals surface area contributed by atoms with Crippen LogP contribution in [0.4, 0.5) is 18.9 Å². The Morgan fingerprint density at radius 1 is 1.29 bits per heavy atom. The van der Waals surface area contributed by atoms with E-state index < -0.39 is 11.7 Å². The molecular weight excluding hydrogens is 347 g/mol. The number of halogens is 4. The zero-order valence-corrected chi connectivity index (χ0v) is 13.0. The molecule has 0 unspecified atom stereocenters. The van der Waals surface area contributed by atoms with Crippen molar-refractivity contribution in [1.82, 2.24) is 9.78 Å². The summed E-state index contributed by atoms with van der Waals surface area (Å²) in [6.45, 7) is 3.07. The molecule has 2 rings (SSSR count). The predicted molar refractivity (Wildman–Crippen MR) is 79.0 cm³/mol. The zero-order chi connectivity index (χ0) is 15.5. The first-order valence-corrected chi connectivity index (χ1v) is 7.32. The molecule has 0 spiro atoms. The maximum atomic E-state index is 13.0. The molecule has 1 heterocycles. The van der Waals surface area contributed by atoms with Gasteiger partial charge in [0.15, 0.2) is 0 Å². The highest BCUT2D eigenvalue weighted by molar-refractivity contribution is 9.10. The monoisotopic (exact) mass is 361 g/mol. The largest absolute Gasteiger partial charge is 0.418 e. The fourth-order valence-electron chi connectivity index (χ4n) is 2.01. The van der Waals surface area contributed by atoms with Crippen LogP contribution in [0.2, 0.25) is 0 Å². The third kappa shape index (κ3) is 4.00. The van der Waals surface area contributed by atoms with Crippen LogP contribution in [0.25, 0.3) is 0 Å². The van der Waals surface area contributed by atoms with E-state index in [4.69, 9.17) is 0 Å². The summed E-state index contributed by atoms with van der Waals surface area (Å²) in [6.07, 6.45) is -1.82. The van der Waals surface area contributed by atoms with Crippen molar-refractivity contribution in [2.75, 3.05) is 5.32 Å². The Balaban J connectivity index is 2.18. The maximum Gasteiger partial charge on any atom is 0.418 e. The second-order valence-corrected chi connectivity index (χ2v) is 5.50. The third-order valence-corrected chi connectivity index (χ3v) is 3.48. The van der Waals surface area contributed by atoms with Gasteiger partial charge in [-0.1, -0.05) is 22.9 Å². The van der Waals surface area contributed by atoms with Crippen molar-refractivity contribution in [2.24, 2.45) is 0 Å². The Hall–Kier alpha value is -1.50. The number of aryl methyl sites for hydroxylation is 1. The molecule has 7 heteroatoms. The molecule has 114 valence electrons. The molecule has 0 aliphatic rings. The van der Waals surface area contributed by atoms with Crippen LogP contribution in [0.3, 0.4) is 0 Å². The Morgan fingerprint density at radius 3 is 2.71 bits per heavy atom. The van der Waals surface area contributed by atoms with Crippen molar-refractivity contribution in [3.63, 3.8) is 0 Å². The fraction of sp³-hybridized carbons (Fsp3) is 0.357. The molecule has 1 N–H and O–H groups in total. The second-order valence-electron chi connectivity index (χ2n) is 4.59. The van der Waals surface area contributed by atoms with E-state index in [1.807, 2.05) is 6.92 Å². The number of hydrogen-bond donors (Lipinski definition) is 1. The lowest BCUT2D eigenvalue weighted by molar-refractivity contribution is -0.137. The van der Waals surface area contributed by atoms with E-state index in [1.54, 1.807) is 23.0 Å². The number of anilines is 1. The van der Waals surface area contributed by atoms with Crippen LogP contribution in [0.15, 0.2) is 34.9 Å². The molecule has 21 heavy (non-hydrogen) atoms. The molecule has 1 aromatic heterocycles. The van der Waals surface area contributed by atoms with Gasteiger partial charge in [-0.3, -0.25) is 4.68 Å². The first kappa shape index (κ1) is 15.9. The summed E-state index contributed by atoms with van der Waals surface area (Å²) >= 11 is 3.07. The van der Waals surface area contributed by atoms with Crippen molar-refractivity contribution in [2.45, 2.75) is 32.6 Å². The molecule has 0 atom stereocenters. The van der Waals surface area contributed by atoms with Crippen molar-refractivity contribution < 1.29 is 13.2 Å². The number of alkyl halides is 3. The van der Waals surface area contributed by atoms with Gasteiger partial charge in [0.25, 0.3) is 0 Å². The van der Waals surface area contributed by atoms with Gasteiger partial charge in [-0.2, -0.15) is 18.3 Å². The van der Waals surface area contributed by atoms with Crippen molar-refractivity contribution in [3.8, 4) is 0 Å². The van der Waals surface area contributed by atoms with E-state index >= 15 is 0 Å². The molecule has 0 amide bonds. The summed E-state index contributed by atoms with van der Waals surface area (Å²) in [5, 5.41) is 7.00. The van der Waals surface area contributed by atoms with Gasteiger partial charge in [0.2, 0.25) is 0 Å². The SMILES string of the molecule is CCCn1nccc1CNc1ccc(Br)cc1C(F)(F)F. The van der Waals surface area contributed by atoms with E-state index in [0.29, 0.717) is 11.0 Å². The topological polar surface area (TPSA) is 29.9 Å². The lowest BCUT2D eigenvalue weighted by Gasteiger charge is -2.15. The van der Waals surface area contributed by atoms with Gasteiger partial charge in [0.05, 0.1) is 17.8 Å². The number of nitrogens with zero attached hydrogens (tertiary/aromatic N) is 2. The van der Waals surface area contributed by atoms with E-state index in [0.717, 1.165) is 24.7 Å². The Kier molecular flexibility index (Phi) is 4.92. The smallest absolute Gasteiger partial charge is 0.379 e. The lowest BCUT2D eigenvalue weighted by atomic mass is 10.1. The second kappa shape index (κ2) is 6.51. The lowest BCUT2D eigenvalue weighted by Crippen LogP contribution is -2.13. The van der Waals surface area contributed by atoms with Crippen molar-refractivity contribution in [3.05, 3.63) is 46.2 Å². The molecule has 0 saturated heterocycles. The zero-order valence-electron chi connectivity index (χ0n) is 11.4. The van der Waals surface area contributed by atoms with E-state index in [-0.39, 0.29) is 5.69 Å². The number of benzene rings is 1. The normalized spacial score (nSPS) is 11.7. The van der Waals surface area contributed by atoms with E-state index in [2.05, 4.69) is 26.3 Å². The standard InChI is InChI=1S/C14H15BrF3N3/c1-2-7-21-11(5-6-20-21)9-19-13-4-3-10(15)8-12(13)14(16,17)18/h3-6,8,19H,2,7,9H2,1H3. The third-order valence-electron chi connectivity index (χ3n) is 2.99. The molecule has 0 bridgehead atoms. The van der Waals surface area contributed by atoms with E-state index in [9.17, 15) is 13.2 Å². The number of hydrogen-bond acceptors (Lipinski definition) is 2. The van der Waals surface area contributed by atoms with Crippen LogP contribution in [0.1, 0.15) is 24.6 Å². The molecule has 2 aromatic rings. The molecule has 0 fully saturated rings. The van der Waals surface area contributed by atoms with Crippen LogP contribution in [0.5, 0.6) is 0 Å². The maximum absolute atomic E-state index is 13.0. The molecule has 1 aromatic carbocycles. The van der Waals surface area contributed by atoms with Gasteiger partial charge in [-0.05, 0) is 30.7 Å². The van der Waals surface area contributed by atoms with Crippen LogP contribution in [-0.4, -0.2) is 9.78 Å². The number of nitrogens with one attached hydrogen (secondary N) is 1. The summed E-state index contributed by atoms with van der Waals surface area (Å²) < 4.78 is 41.2. The van der Waals surface area contributed by atoms with Crippen LogP contribution in [0, 0.1) is 0 Å². The molecule has 0 radical (unpaired) electrons.